The standard InChI is InChI=1S/C60H34O19/c61-51(62)33-13-9-27(19-43(33)55(69)70)37-23-39-31-7-3-1-5-25(31)17-41(39)49(47(37)29-11-15-35(53(65)66)45(21-29)57(73)74)59(77)79-60(78)50-42-18-26-6-2-4-8-32(26)40(42)24-38(28-10-14-34(52(63)64)44(20-28)56(71)72)48(50)30-12-16-36(54(67)68)46(22-30)58(75)76/h1-16,19-24H,17-18H2,(H,61,62)(H,63,64)(H,65,66)(H,67,68)(H,69,70)(H,71,72)(H,73,74)(H,75,76). The molecule has 0 bridgehead atoms. The second kappa shape index (κ2) is 19.4. The molecule has 2 aliphatic carbocycles. The van der Waals surface area contributed by atoms with E-state index in [0.29, 0.717) is 33.4 Å². The molecule has 0 fully saturated rings. The monoisotopic (exact) mass is 1060 g/mol. The van der Waals surface area contributed by atoms with Crippen molar-refractivity contribution in [3.8, 4) is 66.8 Å². The second-order valence-corrected chi connectivity index (χ2v) is 18.2. The minimum absolute atomic E-state index is 0.0354. The molecular weight excluding hydrogens is 1020 g/mol. The van der Waals surface area contributed by atoms with Gasteiger partial charge in [-0.15, -0.1) is 0 Å². The summed E-state index contributed by atoms with van der Waals surface area (Å²) in [5, 5.41) is 81.2. The van der Waals surface area contributed by atoms with E-state index in [-0.39, 0.29) is 68.5 Å². The molecule has 0 aromatic heterocycles. The van der Waals surface area contributed by atoms with Gasteiger partial charge in [-0.25, -0.2) is 47.9 Å². The van der Waals surface area contributed by atoms with E-state index >= 15 is 9.59 Å². The van der Waals surface area contributed by atoms with E-state index in [9.17, 15) is 79.2 Å². The lowest BCUT2D eigenvalue weighted by Gasteiger charge is -2.22. The fraction of sp³-hybridized carbons (Fsp3) is 0.0333. The topological polar surface area (TPSA) is 342 Å². The maximum Gasteiger partial charge on any atom is 0.346 e. The Morgan fingerprint density at radius 2 is 0.570 bits per heavy atom. The molecule has 0 saturated heterocycles. The van der Waals surface area contributed by atoms with Crippen LogP contribution < -0.4 is 0 Å². The average Bonchev–Trinajstić information content (AvgIpc) is 4.25. The summed E-state index contributed by atoms with van der Waals surface area (Å²) in [7, 11) is 0. The molecule has 0 radical (unpaired) electrons. The SMILES string of the molecule is O=C(O)c1ccc(-c2cc3c(c(C(=O)OC(=O)c4c5c(cc(-c6ccc(C(=O)O)c(C(=O)O)c6)c4-c4ccc(C(=O)O)c(C(=O)O)c4)-c4ccccc4C5)c2-c2ccc(C(=O)O)c(C(=O)O)c2)Cc2ccccc2-3)cc1C(=O)O. The molecule has 0 heterocycles. The summed E-state index contributed by atoms with van der Waals surface area (Å²) < 4.78 is 6.04. The van der Waals surface area contributed by atoms with Gasteiger partial charge >= 0.3 is 59.7 Å². The van der Waals surface area contributed by atoms with Gasteiger partial charge in [-0.05, 0) is 151 Å². The predicted octanol–water partition coefficient (Wildman–Crippen LogP) is 10.1. The molecule has 19 nitrogen and oxygen atoms in total. The Labute approximate surface area is 442 Å². The zero-order valence-corrected chi connectivity index (χ0v) is 40.2. The summed E-state index contributed by atoms with van der Waals surface area (Å²) in [6.07, 6.45) is -0.0708. The molecule has 2 aliphatic rings. The molecule has 8 aromatic rings. The maximum atomic E-state index is 15.7. The molecule has 0 spiro atoms. The zero-order chi connectivity index (χ0) is 56.5. The van der Waals surface area contributed by atoms with Gasteiger partial charge < -0.3 is 45.6 Å². The van der Waals surface area contributed by atoms with E-state index in [0.717, 1.165) is 48.5 Å². The number of carbonyl (C=O) groups is 10. The third-order valence-electron chi connectivity index (χ3n) is 13.9. The molecule has 0 saturated carbocycles. The number of fused-ring (bicyclic) bond motifs is 6. The summed E-state index contributed by atoms with van der Waals surface area (Å²) in [6.45, 7) is 0. The van der Waals surface area contributed by atoms with E-state index in [1.807, 2.05) is 0 Å². The Kier molecular flexibility index (Phi) is 12.6. The van der Waals surface area contributed by atoms with Crippen LogP contribution in [0.25, 0.3) is 66.8 Å². The van der Waals surface area contributed by atoms with Crippen molar-refractivity contribution in [3.05, 3.63) is 211 Å². The van der Waals surface area contributed by atoms with E-state index in [1.54, 1.807) is 60.7 Å². The minimum atomic E-state index is -1.70. The van der Waals surface area contributed by atoms with Gasteiger partial charge in [-0.2, -0.15) is 0 Å². The van der Waals surface area contributed by atoms with Gasteiger partial charge in [0.15, 0.2) is 0 Å². The summed E-state index contributed by atoms with van der Waals surface area (Å²) in [6, 6.07) is 29.5. The van der Waals surface area contributed by atoms with Gasteiger partial charge in [-0.3, -0.25) is 0 Å². The average molecular weight is 1060 g/mol. The predicted molar refractivity (Wildman–Crippen MR) is 277 cm³/mol. The molecule has 79 heavy (non-hydrogen) atoms. The zero-order valence-electron chi connectivity index (χ0n) is 40.2. The Morgan fingerprint density at radius 1 is 0.291 bits per heavy atom. The number of carbonyl (C=O) groups excluding carboxylic acids is 2. The van der Waals surface area contributed by atoms with Crippen LogP contribution in [-0.2, 0) is 17.6 Å². The van der Waals surface area contributed by atoms with Gasteiger partial charge in [0.05, 0.1) is 55.6 Å². The van der Waals surface area contributed by atoms with Gasteiger partial charge in [-0.1, -0.05) is 72.8 Å². The minimum Gasteiger partial charge on any atom is -0.478 e. The molecule has 8 N–H and O–H groups in total. The van der Waals surface area contributed by atoms with Crippen LogP contribution in [0.2, 0.25) is 0 Å². The van der Waals surface area contributed by atoms with Crippen molar-refractivity contribution in [1.29, 1.82) is 0 Å². The first-order valence-electron chi connectivity index (χ1n) is 23.4. The lowest BCUT2D eigenvalue weighted by molar-refractivity contribution is 0.0394. The Balaban J connectivity index is 1.29. The highest BCUT2D eigenvalue weighted by atomic mass is 16.6. The number of ether oxygens (including phenoxy) is 1. The quantitative estimate of drug-likeness (QED) is 0.0371. The maximum absolute atomic E-state index is 15.7. The molecule has 8 aromatic carbocycles. The lowest BCUT2D eigenvalue weighted by Crippen LogP contribution is -2.19. The normalized spacial score (nSPS) is 11.6. The third kappa shape index (κ3) is 8.73. The van der Waals surface area contributed by atoms with Crippen molar-refractivity contribution in [2.24, 2.45) is 0 Å². The van der Waals surface area contributed by atoms with Crippen molar-refractivity contribution in [2.45, 2.75) is 12.8 Å². The van der Waals surface area contributed by atoms with Crippen LogP contribution in [0.1, 0.15) is 126 Å². The Hall–Kier alpha value is -11.3. The van der Waals surface area contributed by atoms with Crippen LogP contribution in [0.4, 0.5) is 0 Å². The second-order valence-electron chi connectivity index (χ2n) is 18.2. The number of esters is 2. The van der Waals surface area contributed by atoms with Crippen molar-refractivity contribution in [2.75, 3.05) is 0 Å². The Morgan fingerprint density at radius 3 is 0.873 bits per heavy atom. The summed E-state index contributed by atoms with van der Waals surface area (Å²) >= 11 is 0. The van der Waals surface area contributed by atoms with Crippen LogP contribution in [0.3, 0.4) is 0 Å². The van der Waals surface area contributed by atoms with Crippen molar-refractivity contribution < 1.29 is 93.5 Å². The highest BCUT2D eigenvalue weighted by molar-refractivity contribution is 6.17. The first kappa shape index (κ1) is 51.2. The van der Waals surface area contributed by atoms with Crippen molar-refractivity contribution in [1.82, 2.24) is 0 Å². The van der Waals surface area contributed by atoms with Crippen LogP contribution in [0.5, 0.6) is 0 Å². The Bertz CT molecular complexity index is 3910. The molecule has 0 atom stereocenters. The van der Waals surface area contributed by atoms with Crippen LogP contribution in [-0.4, -0.2) is 101 Å². The number of carboxylic acids is 8. The lowest BCUT2D eigenvalue weighted by atomic mass is 9.83. The van der Waals surface area contributed by atoms with Crippen molar-refractivity contribution >= 4 is 59.7 Å². The van der Waals surface area contributed by atoms with Gasteiger partial charge in [0.25, 0.3) is 0 Å². The van der Waals surface area contributed by atoms with E-state index < -0.39 is 115 Å². The molecule has 388 valence electrons. The van der Waals surface area contributed by atoms with E-state index in [4.69, 9.17) is 4.74 Å². The third-order valence-corrected chi connectivity index (χ3v) is 13.9. The highest BCUT2D eigenvalue weighted by Gasteiger charge is 2.37. The number of hydrogen-bond acceptors (Lipinski definition) is 11. The highest BCUT2D eigenvalue weighted by Crippen LogP contribution is 2.50. The first-order valence-corrected chi connectivity index (χ1v) is 23.4. The van der Waals surface area contributed by atoms with Gasteiger partial charge in [0.2, 0.25) is 0 Å². The molecule has 0 amide bonds. The van der Waals surface area contributed by atoms with Crippen molar-refractivity contribution in [3.63, 3.8) is 0 Å². The van der Waals surface area contributed by atoms with Crippen LogP contribution in [0.15, 0.2) is 133 Å². The number of benzene rings is 8. The largest absolute Gasteiger partial charge is 0.478 e. The number of aromatic carboxylic acids is 8. The van der Waals surface area contributed by atoms with E-state index in [2.05, 4.69) is 0 Å². The summed E-state index contributed by atoms with van der Waals surface area (Å²) in [4.78, 5) is 132. The molecule has 19 heteroatoms. The number of rotatable bonds is 14. The van der Waals surface area contributed by atoms with Crippen LogP contribution in [0, 0.1) is 0 Å². The fourth-order valence-electron chi connectivity index (χ4n) is 10.5. The molecular formula is C60H34O19. The summed E-state index contributed by atoms with van der Waals surface area (Å²) in [5.41, 5.74) is -3.74. The smallest absolute Gasteiger partial charge is 0.346 e. The molecule has 10 rings (SSSR count). The van der Waals surface area contributed by atoms with Crippen LogP contribution >= 0.6 is 0 Å². The number of hydrogen-bond donors (Lipinski definition) is 8. The van der Waals surface area contributed by atoms with Gasteiger partial charge in [0, 0.05) is 11.1 Å². The first-order chi connectivity index (χ1) is 37.6. The molecule has 0 unspecified atom stereocenters. The fourth-order valence-corrected chi connectivity index (χ4v) is 10.5. The number of carboxylic acid groups (broad SMARTS) is 8. The molecule has 0 aliphatic heterocycles. The van der Waals surface area contributed by atoms with E-state index in [1.165, 1.54) is 24.3 Å². The summed E-state index contributed by atoms with van der Waals surface area (Å²) in [5.74, 6) is -16.0. The van der Waals surface area contributed by atoms with Gasteiger partial charge in [0.1, 0.15) is 0 Å².